The second kappa shape index (κ2) is 7.18. The lowest BCUT2D eigenvalue weighted by atomic mass is 10.1. The maximum absolute atomic E-state index is 12.4. The minimum atomic E-state index is -0.673. The Bertz CT molecular complexity index is 950. The van der Waals surface area contributed by atoms with Crippen LogP contribution in [0.25, 0.3) is 10.9 Å². The minimum Gasteiger partial charge on any atom is -0.368 e. The van der Waals surface area contributed by atoms with E-state index in [-0.39, 0.29) is 5.91 Å². The van der Waals surface area contributed by atoms with Crippen LogP contribution in [0.1, 0.15) is 17.3 Å². The lowest BCUT2D eigenvalue weighted by Crippen LogP contribution is -2.43. The third-order valence-corrected chi connectivity index (χ3v) is 4.25. The molecular weight excluding hydrogens is 330 g/mol. The number of carbonyl (C=O) groups excluding carboxylic acids is 2. The average molecular weight is 349 g/mol. The second-order valence-electron chi connectivity index (χ2n) is 5.94. The normalized spacial score (nSPS) is 11.8. The van der Waals surface area contributed by atoms with E-state index in [9.17, 15) is 9.59 Å². The molecule has 0 aliphatic rings. The summed E-state index contributed by atoms with van der Waals surface area (Å²) in [5.41, 5.74) is 7.36. The summed E-state index contributed by atoms with van der Waals surface area (Å²) in [6.45, 7) is 1.59. The quantitative estimate of drug-likeness (QED) is 0.736. The van der Waals surface area contributed by atoms with Crippen molar-refractivity contribution in [2.75, 3.05) is 12.4 Å². The number of hydrogen-bond acceptors (Lipinski definition) is 5. The molecule has 2 amide bonds. The van der Waals surface area contributed by atoms with Crippen LogP contribution in [-0.4, -0.2) is 39.8 Å². The van der Waals surface area contributed by atoms with Gasteiger partial charge < -0.3 is 16.0 Å². The van der Waals surface area contributed by atoms with Crippen LogP contribution in [0.3, 0.4) is 0 Å². The highest BCUT2D eigenvalue weighted by Crippen LogP contribution is 2.23. The summed E-state index contributed by atoms with van der Waals surface area (Å²) in [6, 6.07) is 14.0. The number of benzene rings is 2. The van der Waals surface area contributed by atoms with Gasteiger partial charge in [-0.25, -0.2) is 9.97 Å². The van der Waals surface area contributed by atoms with Crippen LogP contribution in [0.15, 0.2) is 54.9 Å². The van der Waals surface area contributed by atoms with Gasteiger partial charge in [0.2, 0.25) is 5.91 Å². The van der Waals surface area contributed by atoms with Gasteiger partial charge >= 0.3 is 0 Å². The van der Waals surface area contributed by atoms with E-state index >= 15 is 0 Å². The molecule has 0 aliphatic heterocycles. The van der Waals surface area contributed by atoms with Crippen molar-refractivity contribution in [1.29, 1.82) is 0 Å². The Morgan fingerprint density at radius 3 is 2.46 bits per heavy atom. The van der Waals surface area contributed by atoms with Gasteiger partial charge in [-0.2, -0.15) is 0 Å². The van der Waals surface area contributed by atoms with E-state index in [1.54, 1.807) is 38.2 Å². The summed E-state index contributed by atoms with van der Waals surface area (Å²) in [7, 11) is 1.55. The van der Waals surface area contributed by atoms with Crippen molar-refractivity contribution in [2.45, 2.75) is 13.0 Å². The zero-order valence-electron chi connectivity index (χ0n) is 14.5. The molecule has 1 aromatic heterocycles. The topological polar surface area (TPSA) is 101 Å². The van der Waals surface area contributed by atoms with Crippen LogP contribution in [0, 0.1) is 0 Å². The van der Waals surface area contributed by atoms with Crippen molar-refractivity contribution in [2.24, 2.45) is 5.73 Å². The first-order chi connectivity index (χ1) is 12.5. The van der Waals surface area contributed by atoms with Crippen LogP contribution < -0.4 is 11.1 Å². The first kappa shape index (κ1) is 17.3. The predicted molar refractivity (Wildman–Crippen MR) is 100 cm³/mol. The lowest BCUT2D eigenvalue weighted by Gasteiger charge is -2.22. The van der Waals surface area contributed by atoms with Gasteiger partial charge in [-0.1, -0.05) is 12.1 Å². The number of nitrogens with one attached hydrogen (secondary N) is 1. The molecule has 2 aromatic carbocycles. The third kappa shape index (κ3) is 3.46. The van der Waals surface area contributed by atoms with Gasteiger partial charge in [0.05, 0.1) is 5.52 Å². The number of likely N-dealkylation sites (N-methyl/N-ethyl adjacent to an activating group) is 1. The molecule has 0 saturated heterocycles. The van der Waals surface area contributed by atoms with Crippen LogP contribution in [0.2, 0.25) is 0 Å². The first-order valence-corrected chi connectivity index (χ1v) is 8.10. The molecule has 0 radical (unpaired) electrons. The largest absolute Gasteiger partial charge is 0.368 e. The fourth-order valence-electron chi connectivity index (χ4n) is 2.51. The first-order valence-electron chi connectivity index (χ1n) is 8.10. The summed E-state index contributed by atoms with van der Waals surface area (Å²) in [5.74, 6) is -0.126. The molecule has 0 fully saturated rings. The van der Waals surface area contributed by atoms with Gasteiger partial charge in [0.25, 0.3) is 5.91 Å². The molecule has 1 atom stereocenters. The maximum atomic E-state index is 12.4. The molecule has 0 bridgehead atoms. The molecular formula is C19H19N5O2. The van der Waals surface area contributed by atoms with Crippen LogP contribution >= 0.6 is 0 Å². The van der Waals surface area contributed by atoms with E-state index in [2.05, 4.69) is 15.3 Å². The smallest absolute Gasteiger partial charge is 0.254 e. The highest BCUT2D eigenvalue weighted by molar-refractivity contribution is 5.97. The van der Waals surface area contributed by atoms with Gasteiger partial charge in [-0.3, -0.25) is 9.59 Å². The monoisotopic (exact) mass is 349 g/mol. The number of nitrogens with two attached hydrogens (primary N) is 1. The number of nitrogens with zero attached hydrogens (tertiary/aromatic N) is 3. The fourth-order valence-corrected chi connectivity index (χ4v) is 2.51. The Morgan fingerprint density at radius 2 is 1.77 bits per heavy atom. The summed E-state index contributed by atoms with van der Waals surface area (Å²) < 4.78 is 0. The van der Waals surface area contributed by atoms with Gasteiger partial charge in [0.1, 0.15) is 18.2 Å². The molecule has 7 heteroatoms. The molecule has 1 heterocycles. The van der Waals surface area contributed by atoms with E-state index in [1.807, 2.05) is 24.3 Å². The molecule has 3 aromatic rings. The zero-order chi connectivity index (χ0) is 18.7. The molecule has 132 valence electrons. The molecule has 0 unspecified atom stereocenters. The molecule has 3 rings (SSSR count). The third-order valence-electron chi connectivity index (χ3n) is 4.25. The Balaban J connectivity index is 1.79. The van der Waals surface area contributed by atoms with Crippen LogP contribution in [-0.2, 0) is 4.79 Å². The van der Waals surface area contributed by atoms with Crippen molar-refractivity contribution in [3.05, 3.63) is 60.4 Å². The maximum Gasteiger partial charge on any atom is 0.254 e. The Morgan fingerprint density at radius 1 is 1.08 bits per heavy atom. The van der Waals surface area contributed by atoms with E-state index in [1.165, 1.54) is 11.2 Å². The highest BCUT2D eigenvalue weighted by Gasteiger charge is 2.21. The Kier molecular flexibility index (Phi) is 4.79. The summed E-state index contributed by atoms with van der Waals surface area (Å²) in [5, 5.41) is 4.14. The number of aromatic nitrogens is 2. The van der Waals surface area contributed by atoms with Crippen molar-refractivity contribution in [1.82, 2.24) is 14.9 Å². The summed E-state index contributed by atoms with van der Waals surface area (Å²) in [4.78, 5) is 33.5. The van der Waals surface area contributed by atoms with Crippen molar-refractivity contribution in [3.63, 3.8) is 0 Å². The number of amides is 2. The lowest BCUT2D eigenvalue weighted by molar-refractivity contribution is -0.121. The van der Waals surface area contributed by atoms with Crippen molar-refractivity contribution < 1.29 is 9.59 Å². The zero-order valence-corrected chi connectivity index (χ0v) is 14.5. The van der Waals surface area contributed by atoms with Gasteiger partial charge in [-0.15, -0.1) is 0 Å². The SMILES string of the molecule is C[C@H](C(N)=O)N(C)C(=O)c1ccc(Nc2ncnc3ccccc23)cc1. The summed E-state index contributed by atoms with van der Waals surface area (Å²) in [6.07, 6.45) is 1.50. The molecule has 7 nitrogen and oxygen atoms in total. The fraction of sp³-hybridized carbons (Fsp3) is 0.158. The van der Waals surface area contributed by atoms with Crippen molar-refractivity contribution in [3.8, 4) is 0 Å². The Hall–Kier alpha value is -3.48. The number of primary amides is 1. The number of rotatable bonds is 5. The van der Waals surface area contributed by atoms with Gasteiger partial charge in [0, 0.05) is 23.7 Å². The molecule has 26 heavy (non-hydrogen) atoms. The number of para-hydroxylation sites is 1. The van der Waals surface area contributed by atoms with E-state index < -0.39 is 11.9 Å². The second-order valence-corrected chi connectivity index (χ2v) is 5.94. The molecule has 3 N–H and O–H groups in total. The van der Waals surface area contributed by atoms with Gasteiger partial charge in [-0.05, 0) is 43.3 Å². The molecule has 0 aliphatic carbocycles. The Labute approximate surface area is 150 Å². The van der Waals surface area contributed by atoms with E-state index in [4.69, 9.17) is 5.73 Å². The van der Waals surface area contributed by atoms with E-state index in [0.717, 1.165) is 16.6 Å². The predicted octanol–water partition coefficient (Wildman–Crippen LogP) is 2.32. The average Bonchev–Trinajstić information content (AvgIpc) is 2.67. The van der Waals surface area contributed by atoms with Crippen LogP contribution in [0.4, 0.5) is 11.5 Å². The number of carbonyl (C=O) groups is 2. The number of hydrogen-bond donors (Lipinski definition) is 2. The molecule has 0 spiro atoms. The number of anilines is 2. The standard InChI is InChI=1S/C19H19N5O2/c1-12(17(20)25)24(2)19(26)13-7-9-14(10-8-13)23-18-15-5-3-4-6-16(15)21-11-22-18/h3-12H,1-2H3,(H2,20,25)(H,21,22,23)/t12-/m1/s1. The van der Waals surface area contributed by atoms with Gasteiger partial charge in [0.15, 0.2) is 0 Å². The minimum absolute atomic E-state index is 0.268. The number of fused-ring (bicyclic) bond motifs is 1. The highest BCUT2D eigenvalue weighted by atomic mass is 16.2. The van der Waals surface area contributed by atoms with E-state index in [0.29, 0.717) is 11.4 Å². The summed E-state index contributed by atoms with van der Waals surface area (Å²) >= 11 is 0. The van der Waals surface area contributed by atoms with Crippen molar-refractivity contribution >= 4 is 34.2 Å². The molecule has 0 saturated carbocycles. The van der Waals surface area contributed by atoms with Crippen LogP contribution in [0.5, 0.6) is 0 Å².